The molecule has 0 unspecified atom stereocenters. The first kappa shape index (κ1) is 10.3. The van der Waals surface area contributed by atoms with E-state index in [1.165, 1.54) is 0 Å². The fourth-order valence-electron chi connectivity index (χ4n) is 1.98. The summed E-state index contributed by atoms with van der Waals surface area (Å²) in [4.78, 5) is 0. The SMILES string of the molecule is C[C@H]1O[C@H](O)[C@H](O)[C@H]2OC(C)(C)O[C@H]21. The Hall–Kier alpha value is -0.200. The Bertz CT molecular complexity index is 229. The third-order valence-electron chi connectivity index (χ3n) is 2.61. The van der Waals surface area contributed by atoms with E-state index in [1.54, 1.807) is 20.8 Å². The van der Waals surface area contributed by atoms with Crippen LogP contribution in [0.15, 0.2) is 0 Å². The molecular formula is C9H16O5. The van der Waals surface area contributed by atoms with Gasteiger partial charge in [0.05, 0.1) is 6.10 Å². The summed E-state index contributed by atoms with van der Waals surface area (Å²) in [6, 6.07) is 0. The number of fused-ring (bicyclic) bond motifs is 1. The van der Waals surface area contributed by atoms with Crippen LogP contribution in [0.2, 0.25) is 0 Å². The molecule has 2 aliphatic rings. The molecule has 5 nitrogen and oxygen atoms in total. The summed E-state index contributed by atoms with van der Waals surface area (Å²) in [5, 5.41) is 19.0. The molecule has 0 radical (unpaired) electrons. The molecule has 5 atom stereocenters. The van der Waals surface area contributed by atoms with Crippen molar-refractivity contribution >= 4 is 0 Å². The molecule has 0 saturated carbocycles. The van der Waals surface area contributed by atoms with Crippen LogP contribution >= 0.6 is 0 Å². The van der Waals surface area contributed by atoms with Crippen LogP contribution < -0.4 is 0 Å². The zero-order chi connectivity index (χ0) is 10.5. The normalized spacial score (nSPS) is 51.6. The molecule has 5 heteroatoms. The Morgan fingerprint density at radius 2 is 1.64 bits per heavy atom. The summed E-state index contributed by atoms with van der Waals surface area (Å²) in [6.07, 6.45) is -3.34. The van der Waals surface area contributed by atoms with E-state index >= 15 is 0 Å². The minimum Gasteiger partial charge on any atom is -0.385 e. The molecule has 0 aromatic carbocycles. The molecule has 2 N–H and O–H groups in total. The van der Waals surface area contributed by atoms with Crippen molar-refractivity contribution in [3.8, 4) is 0 Å². The van der Waals surface area contributed by atoms with Crippen molar-refractivity contribution in [1.82, 2.24) is 0 Å². The predicted octanol–water partition coefficient (Wildman–Crippen LogP) is -0.396. The van der Waals surface area contributed by atoms with Crippen LogP contribution in [0.3, 0.4) is 0 Å². The van der Waals surface area contributed by atoms with Gasteiger partial charge in [-0.15, -0.1) is 0 Å². The maximum Gasteiger partial charge on any atom is 0.183 e. The number of hydrogen-bond acceptors (Lipinski definition) is 5. The molecular weight excluding hydrogens is 188 g/mol. The Labute approximate surface area is 82.6 Å². The average molecular weight is 204 g/mol. The van der Waals surface area contributed by atoms with Crippen molar-refractivity contribution in [2.75, 3.05) is 0 Å². The highest BCUT2D eigenvalue weighted by atomic mass is 16.8. The molecule has 2 heterocycles. The van der Waals surface area contributed by atoms with Gasteiger partial charge >= 0.3 is 0 Å². The number of aliphatic hydroxyl groups is 2. The van der Waals surface area contributed by atoms with E-state index in [0.29, 0.717) is 0 Å². The average Bonchev–Trinajstić information content (AvgIpc) is 2.38. The molecule has 2 fully saturated rings. The van der Waals surface area contributed by atoms with Crippen LogP contribution in [0.4, 0.5) is 0 Å². The molecule has 82 valence electrons. The van der Waals surface area contributed by atoms with E-state index < -0.39 is 24.3 Å². The lowest BCUT2D eigenvalue weighted by molar-refractivity contribution is -0.255. The first-order valence-electron chi connectivity index (χ1n) is 4.78. The minimum atomic E-state index is -1.19. The van der Waals surface area contributed by atoms with Crippen LogP contribution in [0.1, 0.15) is 20.8 Å². The minimum absolute atomic E-state index is 0.278. The maximum atomic E-state index is 9.62. The first-order valence-corrected chi connectivity index (χ1v) is 4.78. The highest BCUT2D eigenvalue weighted by molar-refractivity contribution is 4.94. The summed E-state index contributed by atoms with van der Waals surface area (Å²) in [6.45, 7) is 5.34. The molecule has 0 aromatic rings. The Morgan fingerprint density at radius 1 is 1.07 bits per heavy atom. The lowest BCUT2D eigenvalue weighted by Gasteiger charge is -2.36. The van der Waals surface area contributed by atoms with Gasteiger partial charge in [-0.05, 0) is 20.8 Å². The van der Waals surface area contributed by atoms with E-state index in [0.717, 1.165) is 0 Å². The monoisotopic (exact) mass is 204 g/mol. The van der Waals surface area contributed by atoms with Crippen LogP contribution in [-0.4, -0.2) is 46.7 Å². The number of ether oxygens (including phenoxy) is 3. The molecule has 0 aromatic heterocycles. The van der Waals surface area contributed by atoms with Crippen molar-refractivity contribution in [2.45, 2.75) is 57.3 Å². The third-order valence-corrected chi connectivity index (χ3v) is 2.61. The molecule has 0 aliphatic carbocycles. The zero-order valence-corrected chi connectivity index (χ0v) is 8.51. The Balaban J connectivity index is 2.18. The quantitative estimate of drug-likeness (QED) is 0.562. The lowest BCUT2D eigenvalue weighted by atomic mass is 10.0. The third kappa shape index (κ3) is 1.55. The molecule has 2 aliphatic heterocycles. The van der Waals surface area contributed by atoms with Crippen molar-refractivity contribution in [1.29, 1.82) is 0 Å². The van der Waals surface area contributed by atoms with Gasteiger partial charge in [0.2, 0.25) is 0 Å². The zero-order valence-electron chi connectivity index (χ0n) is 8.51. The van der Waals surface area contributed by atoms with E-state index in [1.807, 2.05) is 0 Å². The van der Waals surface area contributed by atoms with Crippen molar-refractivity contribution in [3.63, 3.8) is 0 Å². The van der Waals surface area contributed by atoms with Gasteiger partial charge < -0.3 is 24.4 Å². The van der Waals surface area contributed by atoms with Crippen LogP contribution in [0, 0.1) is 0 Å². The summed E-state index contributed by atoms with van der Waals surface area (Å²) in [7, 11) is 0. The standard InChI is InChI=1S/C9H16O5/c1-4-6-7(5(10)8(11)12-4)14-9(2,3)13-6/h4-8,10-11H,1-3H3/t4-,5-,6+,7-,8+/m1/s1. The fraction of sp³-hybridized carbons (Fsp3) is 1.00. The van der Waals surface area contributed by atoms with E-state index in [9.17, 15) is 10.2 Å². The molecule has 14 heavy (non-hydrogen) atoms. The van der Waals surface area contributed by atoms with Crippen molar-refractivity contribution in [2.24, 2.45) is 0 Å². The molecule has 2 rings (SSSR count). The first-order chi connectivity index (χ1) is 6.41. The predicted molar refractivity (Wildman–Crippen MR) is 46.4 cm³/mol. The Kier molecular flexibility index (Phi) is 2.32. The largest absolute Gasteiger partial charge is 0.385 e. The van der Waals surface area contributed by atoms with Gasteiger partial charge in [-0.1, -0.05) is 0 Å². The van der Waals surface area contributed by atoms with Gasteiger partial charge in [0.15, 0.2) is 12.1 Å². The molecule has 0 spiro atoms. The van der Waals surface area contributed by atoms with Crippen LogP contribution in [0.5, 0.6) is 0 Å². The van der Waals surface area contributed by atoms with Gasteiger partial charge in [-0.2, -0.15) is 0 Å². The van der Waals surface area contributed by atoms with Crippen LogP contribution in [0.25, 0.3) is 0 Å². The van der Waals surface area contributed by atoms with Gasteiger partial charge in [0.25, 0.3) is 0 Å². The maximum absolute atomic E-state index is 9.62. The van der Waals surface area contributed by atoms with E-state index in [-0.39, 0.29) is 12.2 Å². The lowest BCUT2D eigenvalue weighted by Crippen LogP contribution is -2.55. The second-order valence-electron chi connectivity index (χ2n) is 4.29. The fourth-order valence-corrected chi connectivity index (χ4v) is 1.98. The topological polar surface area (TPSA) is 68.2 Å². The van der Waals surface area contributed by atoms with E-state index in [2.05, 4.69) is 0 Å². The van der Waals surface area contributed by atoms with Gasteiger partial charge in [0.1, 0.15) is 18.3 Å². The van der Waals surface area contributed by atoms with Crippen molar-refractivity contribution in [3.05, 3.63) is 0 Å². The van der Waals surface area contributed by atoms with Crippen molar-refractivity contribution < 1.29 is 24.4 Å². The van der Waals surface area contributed by atoms with Crippen LogP contribution in [-0.2, 0) is 14.2 Å². The summed E-state index contributed by atoms with van der Waals surface area (Å²) in [5.41, 5.74) is 0. The molecule has 2 saturated heterocycles. The highest BCUT2D eigenvalue weighted by Gasteiger charge is 2.53. The highest BCUT2D eigenvalue weighted by Crippen LogP contribution is 2.36. The Morgan fingerprint density at radius 3 is 2.29 bits per heavy atom. The second kappa shape index (κ2) is 3.15. The number of rotatable bonds is 0. The smallest absolute Gasteiger partial charge is 0.183 e. The number of hydrogen-bond donors (Lipinski definition) is 2. The molecule has 0 bridgehead atoms. The van der Waals surface area contributed by atoms with E-state index in [4.69, 9.17) is 14.2 Å². The molecule has 0 amide bonds. The summed E-state index contributed by atoms with van der Waals surface area (Å²) >= 11 is 0. The number of aliphatic hydroxyl groups excluding tert-OH is 2. The second-order valence-corrected chi connectivity index (χ2v) is 4.29. The summed E-state index contributed by atoms with van der Waals surface area (Å²) < 4.78 is 16.2. The van der Waals surface area contributed by atoms with Gasteiger partial charge in [-0.25, -0.2) is 0 Å². The summed E-state index contributed by atoms with van der Waals surface area (Å²) in [5.74, 6) is -0.724. The van der Waals surface area contributed by atoms with Gasteiger partial charge in [0, 0.05) is 0 Å². The van der Waals surface area contributed by atoms with Gasteiger partial charge in [-0.3, -0.25) is 0 Å².